The minimum atomic E-state index is -0.299. The van der Waals surface area contributed by atoms with Crippen molar-refractivity contribution in [3.05, 3.63) is 42.7 Å². The number of carbonyl (C=O) groups excluding carboxylic acids is 1. The summed E-state index contributed by atoms with van der Waals surface area (Å²) in [7, 11) is 1.68. The van der Waals surface area contributed by atoms with Gasteiger partial charge in [0.15, 0.2) is 0 Å². The molecule has 2 atom stereocenters. The second-order valence-electron chi connectivity index (χ2n) is 6.16. The molecule has 1 aliphatic rings. The summed E-state index contributed by atoms with van der Waals surface area (Å²) in [5.74, 6) is 0.863. The smallest absolute Gasteiger partial charge is 0.244 e. The fraction of sp³-hybridized carbons (Fsp3) is 0.444. The van der Waals surface area contributed by atoms with Crippen LogP contribution in [0.15, 0.2) is 42.7 Å². The van der Waals surface area contributed by atoms with Gasteiger partial charge in [0.1, 0.15) is 11.8 Å². The van der Waals surface area contributed by atoms with Crippen LogP contribution in [-0.4, -0.2) is 41.9 Å². The van der Waals surface area contributed by atoms with Crippen LogP contribution in [0.1, 0.15) is 25.8 Å². The predicted octanol–water partition coefficient (Wildman–Crippen LogP) is 2.24. The summed E-state index contributed by atoms with van der Waals surface area (Å²) < 4.78 is 6.98. The fourth-order valence-electron chi connectivity index (χ4n) is 3.09. The van der Waals surface area contributed by atoms with E-state index in [1.165, 1.54) is 0 Å². The summed E-state index contributed by atoms with van der Waals surface area (Å²) in [6.45, 7) is 3.67. The zero-order valence-electron chi connectivity index (χ0n) is 14.2. The summed E-state index contributed by atoms with van der Waals surface area (Å²) >= 11 is 0. The van der Waals surface area contributed by atoms with E-state index < -0.39 is 0 Å². The van der Waals surface area contributed by atoms with Gasteiger partial charge < -0.3 is 15.0 Å². The molecule has 128 valence electrons. The Bertz CT molecular complexity index is 671. The zero-order valence-corrected chi connectivity index (χ0v) is 14.2. The normalized spacial score (nSPS) is 18.9. The van der Waals surface area contributed by atoms with Crippen LogP contribution in [0, 0.1) is 0 Å². The second kappa shape index (κ2) is 7.38. The van der Waals surface area contributed by atoms with Gasteiger partial charge in [-0.1, -0.05) is 6.07 Å². The highest BCUT2D eigenvalue weighted by Gasteiger charge is 2.24. The SMILES string of the molecule is COc1cccc(N2CCC[C@@H](NC(=O)[C@H](C)n3cccn3)C2)c1. The Morgan fingerprint density at radius 2 is 2.29 bits per heavy atom. The molecule has 1 aromatic heterocycles. The molecule has 1 aliphatic heterocycles. The van der Waals surface area contributed by atoms with Crippen molar-refractivity contribution in [3.8, 4) is 5.75 Å². The van der Waals surface area contributed by atoms with Gasteiger partial charge >= 0.3 is 0 Å². The Labute approximate surface area is 142 Å². The van der Waals surface area contributed by atoms with Gasteiger partial charge in [-0.2, -0.15) is 5.10 Å². The van der Waals surface area contributed by atoms with Crippen LogP contribution in [0.5, 0.6) is 5.75 Å². The lowest BCUT2D eigenvalue weighted by Crippen LogP contribution is -2.49. The topological polar surface area (TPSA) is 59.4 Å². The number of carbonyl (C=O) groups is 1. The lowest BCUT2D eigenvalue weighted by Gasteiger charge is -2.35. The summed E-state index contributed by atoms with van der Waals surface area (Å²) in [4.78, 5) is 14.7. The van der Waals surface area contributed by atoms with E-state index in [4.69, 9.17) is 4.74 Å². The van der Waals surface area contributed by atoms with Crippen LogP contribution in [0.25, 0.3) is 0 Å². The van der Waals surface area contributed by atoms with Gasteiger partial charge in [-0.15, -0.1) is 0 Å². The molecule has 6 heteroatoms. The molecular weight excluding hydrogens is 304 g/mol. The highest BCUT2D eigenvalue weighted by Crippen LogP contribution is 2.24. The quantitative estimate of drug-likeness (QED) is 0.914. The molecule has 1 fully saturated rings. The third-order valence-corrected chi connectivity index (χ3v) is 4.49. The first kappa shape index (κ1) is 16.4. The van der Waals surface area contributed by atoms with E-state index in [0.29, 0.717) is 0 Å². The number of piperidine rings is 1. The summed E-state index contributed by atoms with van der Waals surface area (Å²) in [6, 6.07) is 9.74. The summed E-state index contributed by atoms with van der Waals surface area (Å²) in [5, 5.41) is 7.31. The molecule has 0 unspecified atom stereocenters. The van der Waals surface area contributed by atoms with Crippen molar-refractivity contribution in [1.82, 2.24) is 15.1 Å². The molecule has 1 N–H and O–H groups in total. The monoisotopic (exact) mass is 328 g/mol. The number of amides is 1. The fourth-order valence-corrected chi connectivity index (χ4v) is 3.09. The van der Waals surface area contributed by atoms with Crippen molar-refractivity contribution < 1.29 is 9.53 Å². The largest absolute Gasteiger partial charge is 0.497 e. The van der Waals surface area contributed by atoms with E-state index in [9.17, 15) is 4.79 Å². The first-order valence-electron chi connectivity index (χ1n) is 8.36. The van der Waals surface area contributed by atoms with Crippen molar-refractivity contribution in [1.29, 1.82) is 0 Å². The molecule has 24 heavy (non-hydrogen) atoms. The van der Waals surface area contributed by atoms with Crippen LogP contribution < -0.4 is 15.0 Å². The molecule has 1 aromatic carbocycles. The minimum Gasteiger partial charge on any atom is -0.497 e. The van der Waals surface area contributed by atoms with E-state index in [-0.39, 0.29) is 18.0 Å². The van der Waals surface area contributed by atoms with Crippen LogP contribution in [0.4, 0.5) is 5.69 Å². The first-order chi connectivity index (χ1) is 11.7. The van der Waals surface area contributed by atoms with Crippen molar-refractivity contribution in [3.63, 3.8) is 0 Å². The number of aromatic nitrogens is 2. The minimum absolute atomic E-state index is 0.0104. The molecule has 2 heterocycles. The summed E-state index contributed by atoms with van der Waals surface area (Å²) in [6.07, 6.45) is 5.55. The molecule has 6 nitrogen and oxygen atoms in total. The maximum atomic E-state index is 12.4. The van der Waals surface area contributed by atoms with Crippen LogP contribution in [-0.2, 0) is 4.79 Å². The number of hydrogen-bond donors (Lipinski definition) is 1. The molecule has 0 saturated carbocycles. The molecule has 1 saturated heterocycles. The molecule has 0 radical (unpaired) electrons. The number of hydrogen-bond acceptors (Lipinski definition) is 4. The number of anilines is 1. The third kappa shape index (κ3) is 3.69. The number of benzene rings is 1. The van der Waals surface area contributed by atoms with Crippen molar-refractivity contribution >= 4 is 11.6 Å². The van der Waals surface area contributed by atoms with Gasteiger partial charge in [-0.05, 0) is 38.0 Å². The Hall–Kier alpha value is -2.50. The maximum absolute atomic E-state index is 12.4. The number of ether oxygens (including phenoxy) is 1. The van der Waals surface area contributed by atoms with Gasteiger partial charge in [-0.3, -0.25) is 9.48 Å². The van der Waals surface area contributed by atoms with Crippen LogP contribution in [0.2, 0.25) is 0 Å². The lowest BCUT2D eigenvalue weighted by molar-refractivity contribution is -0.124. The van der Waals surface area contributed by atoms with E-state index in [1.807, 2.05) is 37.4 Å². The van der Waals surface area contributed by atoms with E-state index in [0.717, 1.165) is 37.4 Å². The Balaban J connectivity index is 1.62. The Kier molecular flexibility index (Phi) is 5.03. The second-order valence-corrected chi connectivity index (χ2v) is 6.16. The van der Waals surface area contributed by atoms with Gasteiger partial charge in [0.05, 0.1) is 7.11 Å². The Morgan fingerprint density at radius 3 is 3.04 bits per heavy atom. The molecule has 1 amide bonds. The van der Waals surface area contributed by atoms with Gasteiger partial charge in [-0.25, -0.2) is 0 Å². The summed E-state index contributed by atoms with van der Waals surface area (Å²) in [5.41, 5.74) is 1.13. The lowest BCUT2D eigenvalue weighted by atomic mass is 10.0. The van der Waals surface area contributed by atoms with Crippen molar-refractivity contribution in [2.75, 3.05) is 25.1 Å². The van der Waals surface area contributed by atoms with E-state index in [1.54, 1.807) is 18.0 Å². The first-order valence-corrected chi connectivity index (χ1v) is 8.36. The molecule has 0 aliphatic carbocycles. The van der Waals surface area contributed by atoms with Gasteiger partial charge in [0.25, 0.3) is 0 Å². The Morgan fingerprint density at radius 1 is 1.42 bits per heavy atom. The number of rotatable bonds is 5. The molecule has 3 rings (SSSR count). The number of methoxy groups -OCH3 is 1. The van der Waals surface area contributed by atoms with Crippen molar-refractivity contribution in [2.45, 2.75) is 31.8 Å². The predicted molar refractivity (Wildman–Crippen MR) is 93.3 cm³/mol. The zero-order chi connectivity index (χ0) is 16.9. The van der Waals surface area contributed by atoms with Gasteiger partial charge in [0.2, 0.25) is 5.91 Å². The highest BCUT2D eigenvalue weighted by atomic mass is 16.5. The average molecular weight is 328 g/mol. The highest BCUT2D eigenvalue weighted by molar-refractivity contribution is 5.80. The molecular formula is C18H24N4O2. The van der Waals surface area contributed by atoms with Gasteiger partial charge in [0, 0.05) is 43.3 Å². The standard InChI is InChI=1S/C18H24N4O2/c1-14(22-11-5-9-19-22)18(23)20-15-6-4-10-21(13-15)16-7-3-8-17(12-16)24-2/h3,5,7-9,11-12,14-15H,4,6,10,13H2,1-2H3,(H,20,23)/t14-,15+/m0/s1. The molecule has 0 bridgehead atoms. The maximum Gasteiger partial charge on any atom is 0.244 e. The van der Waals surface area contributed by atoms with Crippen LogP contribution >= 0.6 is 0 Å². The van der Waals surface area contributed by atoms with E-state index >= 15 is 0 Å². The molecule has 2 aromatic rings. The number of nitrogens with zero attached hydrogens (tertiary/aromatic N) is 3. The van der Waals surface area contributed by atoms with Crippen LogP contribution in [0.3, 0.4) is 0 Å². The van der Waals surface area contributed by atoms with E-state index in [2.05, 4.69) is 21.4 Å². The van der Waals surface area contributed by atoms with Crippen molar-refractivity contribution in [2.24, 2.45) is 0 Å². The molecule has 0 spiro atoms. The number of nitrogens with one attached hydrogen (secondary N) is 1. The third-order valence-electron chi connectivity index (χ3n) is 4.49. The average Bonchev–Trinajstić information content (AvgIpc) is 3.16.